The Morgan fingerprint density at radius 2 is 0.722 bits per heavy atom. The second-order valence-corrected chi connectivity index (χ2v) is 9.40. The number of furan rings is 2. The van der Waals surface area contributed by atoms with Gasteiger partial charge in [0.05, 0.1) is 0 Å². The molecule has 8 aromatic rings. The zero-order valence-corrected chi connectivity index (χ0v) is 19.4. The molecule has 2 heteroatoms. The molecule has 0 aliphatic carbocycles. The van der Waals surface area contributed by atoms with Crippen molar-refractivity contribution in [3.05, 3.63) is 121 Å². The van der Waals surface area contributed by atoms with Crippen LogP contribution >= 0.6 is 0 Å². The topological polar surface area (TPSA) is 26.3 Å². The van der Waals surface area contributed by atoms with Crippen LogP contribution in [0.3, 0.4) is 0 Å². The van der Waals surface area contributed by atoms with Gasteiger partial charge in [0.25, 0.3) is 0 Å². The lowest BCUT2D eigenvalue weighted by atomic mass is 10.0. The van der Waals surface area contributed by atoms with E-state index in [4.69, 9.17) is 8.83 Å². The minimum atomic E-state index is 0.904. The van der Waals surface area contributed by atoms with Gasteiger partial charge in [-0.25, -0.2) is 0 Å². The van der Waals surface area contributed by atoms with Crippen LogP contribution < -0.4 is 0 Å². The number of hydrogen-bond donors (Lipinski definition) is 0. The van der Waals surface area contributed by atoms with E-state index < -0.39 is 0 Å². The molecule has 0 spiro atoms. The summed E-state index contributed by atoms with van der Waals surface area (Å²) in [4.78, 5) is 0. The maximum absolute atomic E-state index is 6.35. The van der Waals surface area contributed by atoms with Gasteiger partial charge < -0.3 is 8.83 Å². The lowest BCUT2D eigenvalue weighted by molar-refractivity contribution is 0.668. The third kappa shape index (κ3) is 2.91. The summed E-state index contributed by atoms with van der Waals surface area (Å²) in [6, 6.07) is 42.5. The highest BCUT2D eigenvalue weighted by atomic mass is 16.3. The molecule has 0 bridgehead atoms. The molecule has 2 aromatic heterocycles. The molecule has 0 aliphatic heterocycles. The van der Waals surface area contributed by atoms with E-state index in [1.54, 1.807) is 0 Å². The predicted octanol–water partition coefficient (Wildman–Crippen LogP) is 9.97. The fourth-order valence-electron chi connectivity index (χ4n) is 5.41. The van der Waals surface area contributed by atoms with E-state index in [9.17, 15) is 0 Å². The first-order chi connectivity index (χ1) is 17.8. The van der Waals surface area contributed by atoms with Crippen molar-refractivity contribution in [3.8, 4) is 22.3 Å². The van der Waals surface area contributed by atoms with E-state index in [0.29, 0.717) is 0 Å². The molecule has 2 nitrogen and oxygen atoms in total. The summed E-state index contributed by atoms with van der Waals surface area (Å²) in [5, 5.41) is 6.80. The van der Waals surface area contributed by atoms with Crippen molar-refractivity contribution in [1.82, 2.24) is 0 Å². The van der Waals surface area contributed by atoms with Crippen molar-refractivity contribution >= 4 is 54.6 Å². The van der Waals surface area contributed by atoms with Crippen molar-refractivity contribution in [3.63, 3.8) is 0 Å². The van der Waals surface area contributed by atoms with Gasteiger partial charge in [-0.05, 0) is 81.6 Å². The van der Waals surface area contributed by atoms with Crippen LogP contribution in [-0.2, 0) is 0 Å². The summed E-state index contributed by atoms with van der Waals surface area (Å²) in [6.45, 7) is 0. The van der Waals surface area contributed by atoms with Crippen molar-refractivity contribution in [2.45, 2.75) is 0 Å². The Balaban J connectivity index is 1.30. The number of fused-ring (bicyclic) bond motifs is 7. The number of benzene rings is 6. The minimum absolute atomic E-state index is 0.904. The lowest BCUT2D eigenvalue weighted by Crippen LogP contribution is -1.77. The van der Waals surface area contributed by atoms with Crippen molar-refractivity contribution in [1.29, 1.82) is 0 Å². The largest absolute Gasteiger partial charge is 0.456 e. The summed E-state index contributed by atoms with van der Waals surface area (Å²) in [7, 11) is 0. The van der Waals surface area contributed by atoms with Crippen LogP contribution in [0.5, 0.6) is 0 Å². The first-order valence-electron chi connectivity index (χ1n) is 12.2. The molecule has 0 fully saturated rings. The predicted molar refractivity (Wildman–Crippen MR) is 149 cm³/mol. The molecule has 0 unspecified atom stereocenters. The Morgan fingerprint density at radius 1 is 0.306 bits per heavy atom. The molecule has 8 rings (SSSR count). The molecule has 0 N–H and O–H groups in total. The van der Waals surface area contributed by atoms with Crippen molar-refractivity contribution in [2.24, 2.45) is 0 Å². The Morgan fingerprint density at radius 3 is 1.17 bits per heavy atom. The maximum atomic E-state index is 6.35. The summed E-state index contributed by atoms with van der Waals surface area (Å²) < 4.78 is 12.7. The smallest absolute Gasteiger partial charge is 0.136 e. The standard InChI is InChI=1S/C34H20O2/c1-3-7-21(8-4-1)23-11-13-27-29-15-25-20-34-30(16-26(25)19-33(29)35-31(27)17-23)28-14-12-24(18-32(28)36-34)22-9-5-2-6-10-22/h1-20H. The zero-order valence-electron chi connectivity index (χ0n) is 19.4. The highest BCUT2D eigenvalue weighted by molar-refractivity contribution is 6.15. The third-order valence-corrected chi connectivity index (χ3v) is 7.23. The lowest BCUT2D eigenvalue weighted by Gasteiger charge is -2.01. The molecular formula is C34H20O2. The van der Waals surface area contributed by atoms with E-state index in [1.807, 2.05) is 12.1 Å². The van der Waals surface area contributed by atoms with Crippen molar-refractivity contribution in [2.75, 3.05) is 0 Å². The van der Waals surface area contributed by atoms with E-state index in [2.05, 4.69) is 109 Å². The van der Waals surface area contributed by atoms with Gasteiger partial charge in [-0.1, -0.05) is 72.8 Å². The number of hydrogen-bond acceptors (Lipinski definition) is 2. The van der Waals surface area contributed by atoms with Crippen molar-refractivity contribution < 1.29 is 8.83 Å². The average molecular weight is 461 g/mol. The molecule has 36 heavy (non-hydrogen) atoms. The van der Waals surface area contributed by atoms with Gasteiger partial charge in [0.15, 0.2) is 0 Å². The SMILES string of the molecule is c1ccc(-c2ccc3c(c2)oc2cc4cc5c(cc4cc23)oc2cc(-c3ccccc3)ccc25)cc1. The van der Waals surface area contributed by atoms with Gasteiger partial charge in [-0.15, -0.1) is 0 Å². The molecule has 0 atom stereocenters. The van der Waals surface area contributed by atoms with Crippen LogP contribution in [0.2, 0.25) is 0 Å². The molecule has 0 saturated heterocycles. The van der Waals surface area contributed by atoms with Gasteiger partial charge in [0.1, 0.15) is 22.3 Å². The molecule has 0 aliphatic rings. The fraction of sp³-hybridized carbons (Fsp3) is 0. The molecule has 168 valence electrons. The van der Waals surface area contributed by atoms with Gasteiger partial charge >= 0.3 is 0 Å². The zero-order chi connectivity index (χ0) is 23.6. The highest BCUT2D eigenvalue weighted by Crippen LogP contribution is 2.38. The minimum Gasteiger partial charge on any atom is -0.456 e. The van der Waals surface area contributed by atoms with Crippen LogP contribution in [0.25, 0.3) is 76.9 Å². The molecular weight excluding hydrogens is 440 g/mol. The average Bonchev–Trinajstić information content (AvgIpc) is 3.47. The maximum Gasteiger partial charge on any atom is 0.136 e. The van der Waals surface area contributed by atoms with Crippen LogP contribution in [0, 0.1) is 0 Å². The molecule has 0 radical (unpaired) electrons. The summed E-state index contributed by atoms with van der Waals surface area (Å²) in [6.07, 6.45) is 0. The fourth-order valence-corrected chi connectivity index (χ4v) is 5.41. The highest BCUT2D eigenvalue weighted by Gasteiger charge is 2.13. The normalized spacial score (nSPS) is 11.9. The summed E-state index contributed by atoms with van der Waals surface area (Å²) in [5.41, 5.74) is 8.31. The van der Waals surface area contributed by atoms with Gasteiger partial charge in [0.2, 0.25) is 0 Å². The molecule has 6 aromatic carbocycles. The third-order valence-electron chi connectivity index (χ3n) is 7.23. The molecule has 0 saturated carbocycles. The Labute approximate surface area is 207 Å². The van der Waals surface area contributed by atoms with Crippen LogP contribution in [0.4, 0.5) is 0 Å². The van der Waals surface area contributed by atoms with E-state index >= 15 is 0 Å². The van der Waals surface area contributed by atoms with Crippen LogP contribution in [-0.4, -0.2) is 0 Å². The first-order valence-corrected chi connectivity index (χ1v) is 12.2. The summed E-state index contributed by atoms with van der Waals surface area (Å²) in [5.74, 6) is 0. The van der Waals surface area contributed by atoms with Crippen LogP contribution in [0.15, 0.2) is 130 Å². The molecule has 2 heterocycles. The Hall–Kier alpha value is -4.82. The second kappa shape index (κ2) is 7.34. The van der Waals surface area contributed by atoms with E-state index in [0.717, 1.165) is 65.8 Å². The quantitative estimate of drug-likeness (QED) is 0.256. The molecule has 0 amide bonds. The Kier molecular flexibility index (Phi) is 3.97. The monoisotopic (exact) mass is 460 g/mol. The van der Waals surface area contributed by atoms with E-state index in [-0.39, 0.29) is 0 Å². The van der Waals surface area contributed by atoms with Gasteiger partial charge in [-0.3, -0.25) is 0 Å². The summed E-state index contributed by atoms with van der Waals surface area (Å²) >= 11 is 0. The van der Waals surface area contributed by atoms with E-state index in [1.165, 1.54) is 11.1 Å². The van der Waals surface area contributed by atoms with Gasteiger partial charge in [-0.2, -0.15) is 0 Å². The number of rotatable bonds is 2. The second-order valence-electron chi connectivity index (χ2n) is 9.40. The Bertz CT molecular complexity index is 1920. The van der Waals surface area contributed by atoms with Crippen LogP contribution in [0.1, 0.15) is 0 Å². The van der Waals surface area contributed by atoms with Gasteiger partial charge in [0, 0.05) is 21.5 Å². The first kappa shape index (κ1) is 19.5.